The molecule has 0 bridgehead atoms. The summed E-state index contributed by atoms with van der Waals surface area (Å²) in [4.78, 5) is 23.6. The van der Waals surface area contributed by atoms with E-state index in [2.05, 4.69) is 15.4 Å². The summed E-state index contributed by atoms with van der Waals surface area (Å²) in [6, 6.07) is 8.81. The zero-order valence-corrected chi connectivity index (χ0v) is 15.0. The molecule has 0 aromatic heterocycles. The molecular weight excluding hydrogens is 399 g/mol. The highest BCUT2D eigenvalue weighted by Gasteiger charge is 2.27. The number of carbonyl (C=O) groups is 2. The van der Waals surface area contributed by atoms with Crippen molar-refractivity contribution in [3.63, 3.8) is 0 Å². The van der Waals surface area contributed by atoms with E-state index in [1.54, 1.807) is 24.3 Å². The largest absolute Gasteiger partial charge is 0.411 e. The van der Waals surface area contributed by atoms with Crippen LogP contribution in [0.3, 0.4) is 0 Å². The van der Waals surface area contributed by atoms with E-state index in [9.17, 15) is 31.5 Å². The van der Waals surface area contributed by atoms with E-state index in [-0.39, 0.29) is 18.7 Å². The van der Waals surface area contributed by atoms with Crippen molar-refractivity contribution in [1.82, 2.24) is 10.6 Å². The summed E-state index contributed by atoms with van der Waals surface area (Å²) >= 11 is 0. The molecule has 0 radical (unpaired) electrons. The van der Waals surface area contributed by atoms with Gasteiger partial charge in [0.15, 0.2) is 0 Å². The molecule has 10 heteroatoms. The predicted octanol–water partition coefficient (Wildman–Crippen LogP) is 3.09. The molecule has 5 nitrogen and oxygen atoms in total. The van der Waals surface area contributed by atoms with Crippen LogP contribution in [0.4, 0.5) is 22.0 Å². The summed E-state index contributed by atoms with van der Waals surface area (Å²) in [6.45, 7) is -1.83. The summed E-state index contributed by atoms with van der Waals surface area (Å²) < 4.78 is 66.9. The van der Waals surface area contributed by atoms with Gasteiger partial charge in [-0.1, -0.05) is 24.3 Å². The third-order valence-electron chi connectivity index (χ3n) is 3.63. The summed E-state index contributed by atoms with van der Waals surface area (Å²) in [7, 11) is 0. The minimum atomic E-state index is -4.39. The molecule has 156 valence electrons. The fraction of sp³-hybridized carbons (Fsp3) is 0.263. The topological polar surface area (TPSA) is 67.4 Å². The van der Waals surface area contributed by atoms with Crippen LogP contribution in [0.1, 0.15) is 21.5 Å². The molecule has 0 saturated carbocycles. The third kappa shape index (κ3) is 7.86. The van der Waals surface area contributed by atoms with Gasteiger partial charge in [-0.2, -0.15) is 13.2 Å². The molecule has 29 heavy (non-hydrogen) atoms. The van der Waals surface area contributed by atoms with Crippen LogP contribution in [0, 0.1) is 11.6 Å². The Morgan fingerprint density at radius 2 is 1.59 bits per heavy atom. The van der Waals surface area contributed by atoms with Crippen molar-refractivity contribution < 1.29 is 36.3 Å². The summed E-state index contributed by atoms with van der Waals surface area (Å²) in [5.41, 5.74) is 0.828. The first-order valence-corrected chi connectivity index (χ1v) is 8.36. The molecule has 2 amide bonds. The summed E-state index contributed by atoms with van der Waals surface area (Å²) in [6.07, 6.45) is -4.39. The Bertz CT molecular complexity index is 854. The monoisotopic (exact) mass is 416 g/mol. The highest BCUT2D eigenvalue weighted by atomic mass is 19.4. The number of hydrogen-bond acceptors (Lipinski definition) is 3. The molecular formula is C19H17F5N2O3. The fourth-order valence-corrected chi connectivity index (χ4v) is 2.23. The lowest BCUT2D eigenvalue weighted by Crippen LogP contribution is -2.36. The molecule has 0 heterocycles. The van der Waals surface area contributed by atoms with Crippen LogP contribution < -0.4 is 10.6 Å². The zero-order valence-electron chi connectivity index (χ0n) is 15.0. The molecule has 0 aliphatic heterocycles. The van der Waals surface area contributed by atoms with Crippen molar-refractivity contribution in [2.24, 2.45) is 0 Å². The maximum atomic E-state index is 13.5. The Labute approximate surface area is 162 Å². The van der Waals surface area contributed by atoms with Crippen LogP contribution in [-0.2, 0) is 22.7 Å². The first kappa shape index (κ1) is 22.3. The van der Waals surface area contributed by atoms with Crippen molar-refractivity contribution in [2.45, 2.75) is 19.3 Å². The molecule has 2 aromatic rings. The Morgan fingerprint density at radius 1 is 0.931 bits per heavy atom. The van der Waals surface area contributed by atoms with Gasteiger partial charge < -0.3 is 15.4 Å². The SMILES string of the molecule is O=C(CNC(=O)c1ccc(F)cc1F)NCc1ccc(COCC(F)(F)F)cc1. The van der Waals surface area contributed by atoms with Gasteiger partial charge in [-0.3, -0.25) is 9.59 Å². The van der Waals surface area contributed by atoms with Crippen LogP contribution in [0.25, 0.3) is 0 Å². The van der Waals surface area contributed by atoms with E-state index in [0.29, 0.717) is 17.2 Å². The minimum Gasteiger partial charge on any atom is -0.367 e. The molecule has 0 unspecified atom stereocenters. The molecule has 2 aromatic carbocycles. The average Bonchev–Trinajstić information content (AvgIpc) is 2.64. The third-order valence-corrected chi connectivity index (χ3v) is 3.63. The molecule has 0 atom stereocenters. The van der Waals surface area contributed by atoms with E-state index in [1.165, 1.54) is 0 Å². The smallest absolute Gasteiger partial charge is 0.367 e. The number of benzene rings is 2. The summed E-state index contributed by atoms with van der Waals surface area (Å²) in [5.74, 6) is -3.27. The highest BCUT2D eigenvalue weighted by Crippen LogP contribution is 2.16. The Balaban J connectivity index is 1.74. The Kier molecular flexibility index (Phi) is 7.66. The lowest BCUT2D eigenvalue weighted by molar-refractivity contribution is -0.176. The van der Waals surface area contributed by atoms with Gasteiger partial charge in [-0.05, 0) is 23.3 Å². The van der Waals surface area contributed by atoms with Gasteiger partial charge in [0.05, 0.1) is 18.7 Å². The van der Waals surface area contributed by atoms with Gasteiger partial charge in [-0.15, -0.1) is 0 Å². The van der Waals surface area contributed by atoms with Crippen LogP contribution in [0.2, 0.25) is 0 Å². The van der Waals surface area contributed by atoms with Gasteiger partial charge in [0, 0.05) is 12.6 Å². The molecule has 0 spiro atoms. The normalized spacial score (nSPS) is 11.2. The molecule has 2 N–H and O–H groups in total. The van der Waals surface area contributed by atoms with Gasteiger partial charge in [0.1, 0.15) is 18.2 Å². The van der Waals surface area contributed by atoms with Crippen molar-refractivity contribution >= 4 is 11.8 Å². The number of carbonyl (C=O) groups excluding carboxylic acids is 2. The van der Waals surface area contributed by atoms with E-state index in [0.717, 1.165) is 12.1 Å². The second kappa shape index (κ2) is 9.97. The van der Waals surface area contributed by atoms with Crippen molar-refractivity contribution in [1.29, 1.82) is 0 Å². The van der Waals surface area contributed by atoms with E-state index >= 15 is 0 Å². The van der Waals surface area contributed by atoms with E-state index in [4.69, 9.17) is 0 Å². The first-order valence-electron chi connectivity index (χ1n) is 8.36. The quantitative estimate of drug-likeness (QED) is 0.650. The first-order chi connectivity index (χ1) is 13.6. The number of nitrogens with one attached hydrogen (secondary N) is 2. The highest BCUT2D eigenvalue weighted by molar-refractivity contribution is 5.96. The van der Waals surface area contributed by atoms with E-state index in [1.807, 2.05) is 0 Å². The molecule has 0 aliphatic carbocycles. The maximum absolute atomic E-state index is 13.5. The van der Waals surface area contributed by atoms with Crippen LogP contribution in [0.5, 0.6) is 0 Å². The van der Waals surface area contributed by atoms with E-state index < -0.39 is 42.8 Å². The van der Waals surface area contributed by atoms with Crippen molar-refractivity contribution in [3.8, 4) is 0 Å². The molecule has 0 aliphatic rings. The number of amides is 2. The van der Waals surface area contributed by atoms with Crippen molar-refractivity contribution in [2.75, 3.05) is 13.2 Å². The second-order valence-electron chi connectivity index (χ2n) is 6.01. The zero-order chi connectivity index (χ0) is 21.4. The lowest BCUT2D eigenvalue weighted by atomic mass is 10.1. The lowest BCUT2D eigenvalue weighted by Gasteiger charge is -2.09. The van der Waals surface area contributed by atoms with Crippen LogP contribution >= 0.6 is 0 Å². The molecule has 2 rings (SSSR count). The van der Waals surface area contributed by atoms with Crippen LogP contribution in [0.15, 0.2) is 42.5 Å². The Morgan fingerprint density at radius 3 is 2.21 bits per heavy atom. The minimum absolute atomic E-state index is 0.114. The van der Waals surface area contributed by atoms with Gasteiger partial charge in [0.2, 0.25) is 5.91 Å². The Hall–Kier alpha value is -3.01. The molecule has 0 saturated heterocycles. The number of halogens is 5. The van der Waals surface area contributed by atoms with Gasteiger partial charge in [0.25, 0.3) is 5.91 Å². The van der Waals surface area contributed by atoms with Gasteiger partial charge >= 0.3 is 6.18 Å². The maximum Gasteiger partial charge on any atom is 0.411 e. The number of rotatable bonds is 8. The number of ether oxygens (including phenoxy) is 1. The standard InChI is InChI=1S/C19H17F5N2O3/c20-14-5-6-15(16(21)7-14)18(28)26-9-17(27)25-8-12-1-3-13(4-2-12)10-29-11-19(22,23)24/h1-7H,8-11H2,(H,25,27)(H,26,28). The summed E-state index contributed by atoms with van der Waals surface area (Å²) in [5, 5.41) is 4.74. The predicted molar refractivity (Wildman–Crippen MR) is 92.7 cm³/mol. The van der Waals surface area contributed by atoms with Crippen LogP contribution in [-0.4, -0.2) is 31.1 Å². The average molecular weight is 416 g/mol. The van der Waals surface area contributed by atoms with Gasteiger partial charge in [-0.25, -0.2) is 8.78 Å². The second-order valence-corrected chi connectivity index (χ2v) is 6.01. The molecule has 0 fully saturated rings. The van der Waals surface area contributed by atoms with Crippen molar-refractivity contribution in [3.05, 3.63) is 70.8 Å². The fourth-order valence-electron chi connectivity index (χ4n) is 2.23. The number of alkyl halides is 3. The number of hydrogen-bond donors (Lipinski definition) is 2.